The SMILES string of the molecule is CCCCCCCCCCCCCCCCCC(=O)O.CCCCCCCCCCCCCCCCCC(=O)O.[H-].[Na+].[PbH2]. The quantitative estimate of drug-likeness (QED) is 0.0527. The topological polar surface area (TPSA) is 74.6 Å². The minimum absolute atomic E-state index is 0. The van der Waals surface area contributed by atoms with Crippen molar-refractivity contribution in [1.82, 2.24) is 0 Å². The summed E-state index contributed by atoms with van der Waals surface area (Å²) in [5.41, 5.74) is 0. The summed E-state index contributed by atoms with van der Waals surface area (Å²) in [4.78, 5) is 20.7. The van der Waals surface area contributed by atoms with Gasteiger partial charge in [0.15, 0.2) is 0 Å². The van der Waals surface area contributed by atoms with E-state index in [9.17, 15) is 9.59 Å². The molecule has 0 aliphatic heterocycles. The molecule has 0 saturated carbocycles. The van der Waals surface area contributed by atoms with Gasteiger partial charge in [0.25, 0.3) is 0 Å². The van der Waals surface area contributed by atoms with Gasteiger partial charge in [-0.2, -0.15) is 0 Å². The number of aliphatic carboxylic acids is 2. The Morgan fingerprint density at radius 3 is 0.643 bits per heavy atom. The van der Waals surface area contributed by atoms with Crippen LogP contribution in [-0.4, -0.2) is 49.5 Å². The van der Waals surface area contributed by atoms with Crippen LogP contribution in [0, 0.1) is 0 Å². The molecule has 42 heavy (non-hydrogen) atoms. The van der Waals surface area contributed by atoms with E-state index in [2.05, 4.69) is 13.8 Å². The second-order valence-electron chi connectivity index (χ2n) is 12.2. The van der Waals surface area contributed by atoms with E-state index in [4.69, 9.17) is 10.2 Å². The van der Waals surface area contributed by atoms with Crippen LogP contribution in [0.4, 0.5) is 0 Å². The van der Waals surface area contributed by atoms with Crippen molar-refractivity contribution in [3.05, 3.63) is 0 Å². The van der Waals surface area contributed by atoms with Gasteiger partial charge < -0.3 is 11.6 Å². The van der Waals surface area contributed by atoms with E-state index in [1.807, 2.05) is 0 Å². The Morgan fingerprint density at radius 1 is 0.357 bits per heavy atom. The molecule has 0 unspecified atom stereocenters. The summed E-state index contributed by atoms with van der Waals surface area (Å²) in [5.74, 6) is -1.31. The second kappa shape index (κ2) is 46.3. The number of carboxylic acids is 2. The molecule has 4 nitrogen and oxygen atoms in total. The van der Waals surface area contributed by atoms with Crippen LogP contribution in [0.1, 0.15) is 221 Å². The maximum absolute atomic E-state index is 10.3. The van der Waals surface area contributed by atoms with Crippen LogP contribution in [0.15, 0.2) is 0 Å². The van der Waals surface area contributed by atoms with Crippen molar-refractivity contribution < 1.29 is 50.8 Å². The fourth-order valence-corrected chi connectivity index (χ4v) is 5.30. The van der Waals surface area contributed by atoms with Crippen LogP contribution in [0.2, 0.25) is 0 Å². The Labute approximate surface area is 307 Å². The number of carbonyl (C=O) groups is 2. The molecule has 0 amide bonds. The van der Waals surface area contributed by atoms with Crippen molar-refractivity contribution in [2.24, 2.45) is 0 Å². The molecule has 0 aromatic carbocycles. The Balaban J connectivity index is -0.000000209. The molecule has 0 heterocycles. The number of unbranched alkanes of at least 4 members (excludes halogenated alkanes) is 28. The van der Waals surface area contributed by atoms with Crippen LogP contribution in [-0.2, 0) is 9.59 Å². The standard InChI is InChI=1S/2C18H36O2.Na.Pb.3H/c2*1-2-3-4-5-6-7-8-9-10-11-12-13-14-15-16-17-18(19)20;;;;;/h2*2-17H2,1H3,(H,19,20);;;;;/q;;+1;;;;-1. The summed E-state index contributed by atoms with van der Waals surface area (Å²) >= 11 is 0. The third kappa shape index (κ3) is 53.4. The zero-order valence-electron chi connectivity index (χ0n) is 30.0. The summed E-state index contributed by atoms with van der Waals surface area (Å²) in [6.45, 7) is 4.54. The molecule has 248 valence electrons. The molecule has 2 radical (unpaired) electrons. The molecular formula is C36H75NaO4Pb. The van der Waals surface area contributed by atoms with Crippen molar-refractivity contribution in [2.75, 3.05) is 0 Å². The van der Waals surface area contributed by atoms with Crippen molar-refractivity contribution >= 4 is 39.2 Å². The van der Waals surface area contributed by atoms with Crippen molar-refractivity contribution in [1.29, 1.82) is 0 Å². The number of carboxylic acid groups (broad SMARTS) is 2. The van der Waals surface area contributed by atoms with Crippen LogP contribution >= 0.6 is 0 Å². The van der Waals surface area contributed by atoms with Gasteiger partial charge in [0.05, 0.1) is 0 Å². The first-order chi connectivity index (χ1) is 19.5. The normalized spacial score (nSPS) is 10.3. The molecule has 0 aliphatic carbocycles. The molecule has 0 aliphatic rings. The average Bonchev–Trinajstić information content (AvgIpc) is 2.93. The van der Waals surface area contributed by atoms with E-state index in [-0.39, 0.29) is 58.3 Å². The summed E-state index contributed by atoms with van der Waals surface area (Å²) in [7, 11) is 0. The number of hydrogen-bond donors (Lipinski definition) is 2. The zero-order chi connectivity index (χ0) is 29.8. The number of rotatable bonds is 32. The molecule has 0 atom stereocenters. The second-order valence-corrected chi connectivity index (χ2v) is 12.2. The van der Waals surface area contributed by atoms with Crippen LogP contribution < -0.4 is 29.6 Å². The van der Waals surface area contributed by atoms with E-state index in [0.717, 1.165) is 25.7 Å². The van der Waals surface area contributed by atoms with Crippen molar-refractivity contribution in [3.8, 4) is 0 Å². The molecule has 0 bridgehead atoms. The predicted molar refractivity (Wildman–Crippen MR) is 184 cm³/mol. The Kier molecular flexibility index (Phi) is 54.8. The van der Waals surface area contributed by atoms with Gasteiger partial charge in [-0.3, -0.25) is 9.59 Å². The van der Waals surface area contributed by atoms with Gasteiger partial charge >= 0.3 is 68.8 Å². The van der Waals surface area contributed by atoms with E-state index in [0.29, 0.717) is 12.8 Å². The average molecular weight is 802 g/mol. The summed E-state index contributed by atoms with van der Waals surface area (Å²) < 4.78 is 0. The minimum atomic E-state index is -0.653. The zero-order valence-corrected chi connectivity index (χ0v) is 36.5. The van der Waals surface area contributed by atoms with E-state index in [1.54, 1.807) is 0 Å². The molecule has 0 rings (SSSR count). The maximum atomic E-state index is 10.3. The first kappa shape index (κ1) is 49.7. The third-order valence-corrected chi connectivity index (χ3v) is 7.99. The Hall–Kier alpha value is 0.862. The number of hydrogen-bond acceptors (Lipinski definition) is 2. The van der Waals surface area contributed by atoms with Crippen LogP contribution in [0.25, 0.3) is 0 Å². The van der Waals surface area contributed by atoms with Gasteiger partial charge in [0, 0.05) is 12.8 Å². The van der Waals surface area contributed by atoms with E-state index < -0.39 is 11.9 Å². The first-order valence-corrected chi connectivity index (χ1v) is 18.0. The van der Waals surface area contributed by atoms with Crippen LogP contribution in [0.5, 0.6) is 0 Å². The monoisotopic (exact) mass is 803 g/mol. The van der Waals surface area contributed by atoms with E-state index >= 15 is 0 Å². The van der Waals surface area contributed by atoms with E-state index in [1.165, 1.54) is 167 Å². The summed E-state index contributed by atoms with van der Waals surface area (Å²) in [6.07, 6.45) is 40.4. The third-order valence-electron chi connectivity index (χ3n) is 7.99. The fourth-order valence-electron chi connectivity index (χ4n) is 5.30. The first-order valence-electron chi connectivity index (χ1n) is 18.0. The van der Waals surface area contributed by atoms with Gasteiger partial charge in [-0.25, -0.2) is 0 Å². The Morgan fingerprint density at radius 2 is 0.500 bits per heavy atom. The van der Waals surface area contributed by atoms with Gasteiger partial charge in [0.1, 0.15) is 0 Å². The van der Waals surface area contributed by atoms with Gasteiger partial charge in [-0.1, -0.05) is 194 Å². The fraction of sp³-hybridized carbons (Fsp3) is 0.944. The molecule has 0 aromatic rings. The van der Waals surface area contributed by atoms with Crippen molar-refractivity contribution in [2.45, 2.75) is 219 Å². The summed E-state index contributed by atoms with van der Waals surface area (Å²) in [5, 5.41) is 17.0. The molecular weight excluding hydrogens is 727 g/mol. The molecule has 0 spiro atoms. The van der Waals surface area contributed by atoms with Gasteiger partial charge in [0.2, 0.25) is 0 Å². The molecule has 2 N–H and O–H groups in total. The van der Waals surface area contributed by atoms with Crippen molar-refractivity contribution in [3.63, 3.8) is 0 Å². The van der Waals surface area contributed by atoms with Gasteiger partial charge in [-0.15, -0.1) is 0 Å². The van der Waals surface area contributed by atoms with Crippen LogP contribution in [0.3, 0.4) is 0 Å². The predicted octanol–water partition coefficient (Wildman–Crippen LogP) is 8.87. The summed E-state index contributed by atoms with van der Waals surface area (Å²) in [6, 6.07) is 0. The molecule has 0 saturated heterocycles. The molecule has 6 heteroatoms. The van der Waals surface area contributed by atoms with Gasteiger partial charge in [-0.05, 0) is 12.8 Å². The molecule has 0 aromatic heterocycles. The Bertz CT molecular complexity index is 468. The molecule has 0 fully saturated rings.